The Kier molecular flexibility index (Phi) is 5.32. The molecular formula is C14H19BrFNO. The van der Waals surface area contributed by atoms with E-state index in [1.54, 1.807) is 19.1 Å². The van der Waals surface area contributed by atoms with Crippen LogP contribution < -0.4 is 5.32 Å². The van der Waals surface area contributed by atoms with Crippen LogP contribution in [0, 0.1) is 12.7 Å². The van der Waals surface area contributed by atoms with Crippen molar-refractivity contribution in [1.29, 1.82) is 0 Å². The Morgan fingerprint density at radius 2 is 2.00 bits per heavy atom. The van der Waals surface area contributed by atoms with Gasteiger partial charge in [-0.15, -0.1) is 0 Å². The molecule has 0 spiro atoms. The molecule has 2 nitrogen and oxygen atoms in total. The smallest absolute Gasteiger partial charge is 0.254 e. The Morgan fingerprint density at radius 1 is 1.39 bits per heavy atom. The first-order chi connectivity index (χ1) is 8.49. The highest BCUT2D eigenvalue weighted by Gasteiger charge is 2.28. The fourth-order valence-corrected chi connectivity index (χ4v) is 2.71. The van der Waals surface area contributed by atoms with E-state index in [0.717, 1.165) is 12.8 Å². The van der Waals surface area contributed by atoms with Gasteiger partial charge in [0.2, 0.25) is 0 Å². The lowest BCUT2D eigenvalue weighted by atomic mass is 9.94. The summed E-state index contributed by atoms with van der Waals surface area (Å²) in [5.74, 6) is -0.787. The van der Waals surface area contributed by atoms with Gasteiger partial charge in [-0.2, -0.15) is 0 Å². The van der Waals surface area contributed by atoms with Gasteiger partial charge in [0, 0.05) is 10.9 Å². The first-order valence-corrected chi connectivity index (χ1v) is 7.25. The summed E-state index contributed by atoms with van der Waals surface area (Å²) >= 11 is 3.42. The Labute approximate surface area is 116 Å². The molecule has 0 fully saturated rings. The summed E-state index contributed by atoms with van der Waals surface area (Å²) in [6.07, 6.45) is 1.60. The van der Waals surface area contributed by atoms with Gasteiger partial charge >= 0.3 is 0 Å². The van der Waals surface area contributed by atoms with E-state index in [1.807, 2.05) is 13.8 Å². The van der Waals surface area contributed by atoms with Crippen LogP contribution in [0.2, 0.25) is 0 Å². The summed E-state index contributed by atoms with van der Waals surface area (Å²) < 4.78 is 13.9. The summed E-state index contributed by atoms with van der Waals surface area (Å²) in [5.41, 5.74) is 0.287. The van der Waals surface area contributed by atoms with Crippen molar-refractivity contribution in [1.82, 2.24) is 5.32 Å². The van der Waals surface area contributed by atoms with Gasteiger partial charge in [0.05, 0.1) is 5.56 Å². The topological polar surface area (TPSA) is 29.1 Å². The zero-order chi connectivity index (χ0) is 13.8. The molecule has 1 amide bonds. The molecule has 18 heavy (non-hydrogen) atoms. The SMILES string of the molecule is CCC(CC)(CBr)NC(=O)c1cccc(C)c1F. The van der Waals surface area contributed by atoms with Gasteiger partial charge in [-0.3, -0.25) is 4.79 Å². The van der Waals surface area contributed by atoms with E-state index in [0.29, 0.717) is 10.9 Å². The molecule has 1 aromatic carbocycles. The molecule has 4 heteroatoms. The second-order valence-electron chi connectivity index (χ2n) is 4.51. The maximum atomic E-state index is 13.9. The minimum absolute atomic E-state index is 0.113. The summed E-state index contributed by atoms with van der Waals surface area (Å²) in [6.45, 7) is 5.68. The minimum atomic E-state index is -0.439. The molecule has 1 aromatic rings. The molecule has 0 atom stereocenters. The van der Waals surface area contributed by atoms with Crippen molar-refractivity contribution in [2.45, 2.75) is 39.2 Å². The quantitative estimate of drug-likeness (QED) is 0.822. The van der Waals surface area contributed by atoms with E-state index in [4.69, 9.17) is 0 Å². The minimum Gasteiger partial charge on any atom is -0.346 e. The standard InChI is InChI=1S/C14H19BrFNO/c1-4-14(5-2,9-15)17-13(18)11-8-6-7-10(3)12(11)16/h6-8H,4-5,9H2,1-3H3,(H,17,18). The zero-order valence-corrected chi connectivity index (χ0v) is 12.6. The van der Waals surface area contributed by atoms with Crippen LogP contribution in [0.1, 0.15) is 42.6 Å². The predicted octanol–water partition coefficient (Wildman–Crippen LogP) is 3.82. The van der Waals surface area contributed by atoms with E-state index in [-0.39, 0.29) is 17.0 Å². The van der Waals surface area contributed by atoms with E-state index in [2.05, 4.69) is 21.2 Å². The van der Waals surface area contributed by atoms with E-state index < -0.39 is 5.82 Å². The number of carbonyl (C=O) groups is 1. The lowest BCUT2D eigenvalue weighted by Crippen LogP contribution is -2.49. The number of alkyl halides is 1. The van der Waals surface area contributed by atoms with Crippen LogP contribution in [0.5, 0.6) is 0 Å². The number of hydrogen-bond donors (Lipinski definition) is 1. The average Bonchev–Trinajstić information content (AvgIpc) is 2.39. The number of rotatable bonds is 5. The van der Waals surface area contributed by atoms with Gasteiger partial charge in [0.25, 0.3) is 5.91 Å². The molecule has 0 unspecified atom stereocenters. The highest BCUT2D eigenvalue weighted by Crippen LogP contribution is 2.20. The molecule has 1 rings (SSSR count). The summed E-state index contributed by atoms with van der Waals surface area (Å²) in [7, 11) is 0. The second-order valence-corrected chi connectivity index (χ2v) is 5.07. The molecule has 0 heterocycles. The van der Waals surface area contributed by atoms with Crippen molar-refractivity contribution in [2.75, 3.05) is 5.33 Å². The maximum absolute atomic E-state index is 13.9. The highest BCUT2D eigenvalue weighted by atomic mass is 79.9. The fourth-order valence-electron chi connectivity index (χ4n) is 1.78. The lowest BCUT2D eigenvalue weighted by Gasteiger charge is -2.31. The Bertz CT molecular complexity index is 422. The molecular weight excluding hydrogens is 297 g/mol. The first-order valence-electron chi connectivity index (χ1n) is 6.13. The van der Waals surface area contributed by atoms with Crippen molar-refractivity contribution in [3.8, 4) is 0 Å². The van der Waals surface area contributed by atoms with Crippen molar-refractivity contribution in [3.05, 3.63) is 35.1 Å². The third-order valence-corrected chi connectivity index (χ3v) is 4.50. The number of hydrogen-bond acceptors (Lipinski definition) is 1. The van der Waals surface area contributed by atoms with Gasteiger partial charge < -0.3 is 5.32 Å². The van der Waals surface area contributed by atoms with Crippen molar-refractivity contribution in [2.24, 2.45) is 0 Å². The summed E-state index contributed by atoms with van der Waals surface area (Å²) in [5, 5.41) is 3.60. The Balaban J connectivity index is 2.98. The molecule has 0 aliphatic rings. The van der Waals surface area contributed by atoms with Gasteiger partial charge in [0.15, 0.2) is 0 Å². The molecule has 0 aliphatic heterocycles. The molecule has 0 saturated heterocycles. The number of benzene rings is 1. The summed E-state index contributed by atoms with van der Waals surface area (Å²) in [4.78, 5) is 12.1. The molecule has 1 N–H and O–H groups in total. The van der Waals surface area contributed by atoms with E-state index in [1.165, 1.54) is 6.07 Å². The second kappa shape index (κ2) is 6.32. The molecule has 0 radical (unpaired) electrons. The van der Waals surface area contributed by atoms with Gasteiger partial charge in [-0.05, 0) is 31.4 Å². The molecule has 0 saturated carbocycles. The summed E-state index contributed by atoms with van der Waals surface area (Å²) in [6, 6.07) is 4.87. The molecule has 0 aromatic heterocycles. The average molecular weight is 316 g/mol. The number of carbonyl (C=O) groups excluding carboxylic acids is 1. The van der Waals surface area contributed by atoms with Crippen molar-refractivity contribution in [3.63, 3.8) is 0 Å². The number of aryl methyl sites for hydroxylation is 1. The number of nitrogens with one attached hydrogen (secondary N) is 1. The molecule has 0 aliphatic carbocycles. The van der Waals surface area contributed by atoms with Crippen LogP contribution in [0.4, 0.5) is 4.39 Å². The predicted molar refractivity (Wildman–Crippen MR) is 75.7 cm³/mol. The third-order valence-electron chi connectivity index (χ3n) is 3.42. The lowest BCUT2D eigenvalue weighted by molar-refractivity contribution is 0.0899. The van der Waals surface area contributed by atoms with Gasteiger partial charge in [0.1, 0.15) is 5.82 Å². The van der Waals surface area contributed by atoms with Gasteiger partial charge in [-0.25, -0.2) is 4.39 Å². The van der Waals surface area contributed by atoms with E-state index >= 15 is 0 Å². The van der Waals surface area contributed by atoms with Crippen LogP contribution in [0.15, 0.2) is 18.2 Å². The highest BCUT2D eigenvalue weighted by molar-refractivity contribution is 9.09. The van der Waals surface area contributed by atoms with Crippen LogP contribution in [-0.4, -0.2) is 16.8 Å². The van der Waals surface area contributed by atoms with Crippen LogP contribution in [0.3, 0.4) is 0 Å². The Morgan fingerprint density at radius 3 is 2.50 bits per heavy atom. The van der Waals surface area contributed by atoms with Crippen LogP contribution in [-0.2, 0) is 0 Å². The van der Waals surface area contributed by atoms with Crippen LogP contribution >= 0.6 is 15.9 Å². The third kappa shape index (κ3) is 3.10. The van der Waals surface area contributed by atoms with Gasteiger partial charge in [-0.1, -0.05) is 41.9 Å². The fraction of sp³-hybridized carbons (Fsp3) is 0.500. The van der Waals surface area contributed by atoms with Crippen molar-refractivity contribution < 1.29 is 9.18 Å². The maximum Gasteiger partial charge on any atom is 0.254 e. The monoisotopic (exact) mass is 315 g/mol. The number of amides is 1. The number of halogens is 2. The largest absolute Gasteiger partial charge is 0.346 e. The van der Waals surface area contributed by atoms with Crippen molar-refractivity contribution >= 4 is 21.8 Å². The molecule has 100 valence electrons. The van der Waals surface area contributed by atoms with E-state index in [9.17, 15) is 9.18 Å². The van der Waals surface area contributed by atoms with Crippen LogP contribution in [0.25, 0.3) is 0 Å². The normalized spacial score (nSPS) is 11.4. The Hall–Kier alpha value is -0.900. The first kappa shape index (κ1) is 15.2. The molecule has 0 bridgehead atoms. The zero-order valence-electron chi connectivity index (χ0n) is 11.0.